The van der Waals surface area contributed by atoms with Crippen molar-refractivity contribution < 1.29 is 0 Å². The van der Waals surface area contributed by atoms with Crippen molar-refractivity contribution in [2.75, 3.05) is 13.6 Å². The van der Waals surface area contributed by atoms with Crippen LogP contribution in [0.15, 0.2) is 12.7 Å². The average Bonchev–Trinajstić information content (AvgIpc) is 1.99. The van der Waals surface area contributed by atoms with Gasteiger partial charge in [0.2, 0.25) is 0 Å². The summed E-state index contributed by atoms with van der Waals surface area (Å²) in [7, 11) is 2.16. The minimum absolute atomic E-state index is 0.643. The van der Waals surface area contributed by atoms with Crippen molar-refractivity contribution in [2.45, 2.75) is 33.2 Å². The Bertz CT molecular complexity index is 107. The van der Waals surface area contributed by atoms with E-state index in [1.807, 2.05) is 0 Å². The molecule has 11 heavy (non-hydrogen) atoms. The Kier molecular flexibility index (Phi) is 5.22. The van der Waals surface area contributed by atoms with Crippen molar-refractivity contribution in [3.05, 3.63) is 12.7 Å². The van der Waals surface area contributed by atoms with Crippen LogP contribution in [0, 0.1) is 5.92 Å². The monoisotopic (exact) mass is 155 g/mol. The van der Waals surface area contributed by atoms with E-state index in [4.69, 9.17) is 0 Å². The first-order chi connectivity index (χ1) is 5.11. The fourth-order valence-electron chi connectivity index (χ4n) is 0.951. The molecule has 0 radical (unpaired) electrons. The summed E-state index contributed by atoms with van der Waals surface area (Å²) in [5.41, 5.74) is 0. The van der Waals surface area contributed by atoms with Crippen molar-refractivity contribution in [2.24, 2.45) is 5.92 Å². The van der Waals surface area contributed by atoms with Crippen molar-refractivity contribution in [1.29, 1.82) is 0 Å². The highest BCUT2D eigenvalue weighted by Crippen LogP contribution is 2.07. The lowest BCUT2D eigenvalue weighted by molar-refractivity contribution is 0.245. The molecule has 0 heterocycles. The Morgan fingerprint density at radius 3 is 2.27 bits per heavy atom. The third kappa shape index (κ3) is 4.20. The van der Waals surface area contributed by atoms with Gasteiger partial charge >= 0.3 is 0 Å². The van der Waals surface area contributed by atoms with Crippen LogP contribution in [0.1, 0.15) is 27.2 Å². The van der Waals surface area contributed by atoms with E-state index in [-0.39, 0.29) is 0 Å². The molecule has 0 aliphatic carbocycles. The van der Waals surface area contributed by atoms with Gasteiger partial charge in [0.05, 0.1) is 0 Å². The van der Waals surface area contributed by atoms with Crippen LogP contribution in [0.4, 0.5) is 0 Å². The lowest BCUT2D eigenvalue weighted by atomic mass is 10.1. The summed E-state index contributed by atoms with van der Waals surface area (Å²) in [4.78, 5) is 2.36. The second-order valence-electron chi connectivity index (χ2n) is 3.44. The van der Waals surface area contributed by atoms with Crippen LogP contribution in [-0.2, 0) is 0 Å². The molecule has 0 saturated carbocycles. The van der Waals surface area contributed by atoms with E-state index in [0.29, 0.717) is 12.0 Å². The topological polar surface area (TPSA) is 3.24 Å². The van der Waals surface area contributed by atoms with E-state index in [0.717, 1.165) is 6.54 Å². The highest BCUT2D eigenvalue weighted by molar-refractivity contribution is 4.80. The van der Waals surface area contributed by atoms with E-state index in [1.54, 1.807) is 0 Å². The van der Waals surface area contributed by atoms with Crippen molar-refractivity contribution in [3.8, 4) is 0 Å². The predicted octanol–water partition coefficient (Wildman–Crippen LogP) is 2.54. The fraction of sp³-hybridized carbons (Fsp3) is 0.800. The number of rotatable bonds is 5. The second kappa shape index (κ2) is 5.36. The maximum absolute atomic E-state index is 3.82. The van der Waals surface area contributed by atoms with E-state index in [1.165, 1.54) is 6.42 Å². The van der Waals surface area contributed by atoms with E-state index in [2.05, 4.69) is 45.4 Å². The van der Waals surface area contributed by atoms with Crippen molar-refractivity contribution in [3.63, 3.8) is 0 Å². The first-order valence-corrected chi connectivity index (χ1v) is 4.44. The molecule has 1 heteroatoms. The molecule has 0 bridgehead atoms. The number of hydrogen-bond acceptors (Lipinski definition) is 1. The summed E-state index contributed by atoms with van der Waals surface area (Å²) in [6.07, 6.45) is 3.25. The second-order valence-corrected chi connectivity index (χ2v) is 3.44. The zero-order chi connectivity index (χ0) is 8.85. The highest BCUT2D eigenvalue weighted by Gasteiger charge is 2.07. The van der Waals surface area contributed by atoms with Crippen LogP contribution in [0.2, 0.25) is 0 Å². The Labute approximate surface area is 71.1 Å². The van der Waals surface area contributed by atoms with Gasteiger partial charge in [0.1, 0.15) is 0 Å². The Morgan fingerprint density at radius 1 is 1.45 bits per heavy atom. The minimum Gasteiger partial charge on any atom is -0.303 e. The molecule has 0 spiro atoms. The molecule has 0 fully saturated rings. The molecule has 0 aromatic carbocycles. The third-order valence-electron chi connectivity index (χ3n) is 2.26. The van der Waals surface area contributed by atoms with Gasteiger partial charge < -0.3 is 4.90 Å². The number of nitrogens with zero attached hydrogens (tertiary/aromatic N) is 1. The molecular weight excluding hydrogens is 134 g/mol. The molecule has 0 aromatic rings. The van der Waals surface area contributed by atoms with Crippen LogP contribution >= 0.6 is 0 Å². The van der Waals surface area contributed by atoms with Gasteiger partial charge in [-0.05, 0) is 33.2 Å². The standard InChI is InChI=1S/C10H21N/c1-6-10(7-2)8-11(5)9(3)4/h6,9-10H,1,7-8H2,2-5H3. The van der Waals surface area contributed by atoms with Gasteiger partial charge in [-0.25, -0.2) is 0 Å². The number of hydrogen-bond donors (Lipinski definition) is 0. The van der Waals surface area contributed by atoms with Gasteiger partial charge in [-0.3, -0.25) is 0 Å². The smallest absolute Gasteiger partial charge is 0.00438 e. The summed E-state index contributed by atoms with van der Waals surface area (Å²) in [5.74, 6) is 0.655. The summed E-state index contributed by atoms with van der Waals surface area (Å²) in [6, 6.07) is 0.643. The molecule has 1 atom stereocenters. The zero-order valence-corrected chi connectivity index (χ0v) is 8.30. The first-order valence-electron chi connectivity index (χ1n) is 4.44. The quantitative estimate of drug-likeness (QED) is 0.551. The lowest BCUT2D eigenvalue weighted by Crippen LogP contribution is -2.30. The fourth-order valence-corrected chi connectivity index (χ4v) is 0.951. The molecule has 66 valence electrons. The third-order valence-corrected chi connectivity index (χ3v) is 2.26. The summed E-state index contributed by atoms with van der Waals surface area (Å²) >= 11 is 0. The van der Waals surface area contributed by atoms with Crippen LogP contribution in [0.25, 0.3) is 0 Å². The molecule has 0 saturated heterocycles. The average molecular weight is 155 g/mol. The SMILES string of the molecule is C=CC(CC)CN(C)C(C)C. The Hall–Kier alpha value is -0.300. The molecule has 0 aliphatic heterocycles. The Morgan fingerprint density at radius 2 is 2.00 bits per heavy atom. The van der Waals surface area contributed by atoms with Crippen molar-refractivity contribution >= 4 is 0 Å². The normalized spacial score (nSPS) is 14.0. The molecule has 0 rings (SSSR count). The summed E-state index contributed by atoms with van der Waals surface area (Å²) in [5, 5.41) is 0. The van der Waals surface area contributed by atoms with Crippen LogP contribution < -0.4 is 0 Å². The minimum atomic E-state index is 0.643. The van der Waals surface area contributed by atoms with Gasteiger partial charge in [-0.1, -0.05) is 13.0 Å². The first kappa shape index (κ1) is 10.7. The largest absolute Gasteiger partial charge is 0.303 e. The summed E-state index contributed by atoms with van der Waals surface area (Å²) in [6.45, 7) is 11.6. The predicted molar refractivity (Wildman–Crippen MR) is 51.7 cm³/mol. The molecule has 1 nitrogen and oxygen atoms in total. The molecule has 0 N–H and O–H groups in total. The maximum atomic E-state index is 3.82. The van der Waals surface area contributed by atoms with Gasteiger partial charge in [0.15, 0.2) is 0 Å². The zero-order valence-electron chi connectivity index (χ0n) is 8.30. The van der Waals surface area contributed by atoms with Gasteiger partial charge in [0, 0.05) is 12.6 Å². The maximum Gasteiger partial charge on any atom is 0.00438 e. The molecule has 0 amide bonds. The lowest BCUT2D eigenvalue weighted by Gasteiger charge is -2.24. The van der Waals surface area contributed by atoms with E-state index in [9.17, 15) is 0 Å². The highest BCUT2D eigenvalue weighted by atomic mass is 15.1. The van der Waals surface area contributed by atoms with Gasteiger partial charge in [-0.15, -0.1) is 6.58 Å². The molecule has 1 unspecified atom stereocenters. The van der Waals surface area contributed by atoms with E-state index < -0.39 is 0 Å². The van der Waals surface area contributed by atoms with Gasteiger partial charge in [-0.2, -0.15) is 0 Å². The van der Waals surface area contributed by atoms with Gasteiger partial charge in [0.25, 0.3) is 0 Å². The molecule has 0 aromatic heterocycles. The Balaban J connectivity index is 3.71. The molecular formula is C10H21N. The van der Waals surface area contributed by atoms with E-state index >= 15 is 0 Å². The molecule has 0 aliphatic rings. The summed E-state index contributed by atoms with van der Waals surface area (Å²) < 4.78 is 0. The van der Waals surface area contributed by atoms with Crippen LogP contribution in [-0.4, -0.2) is 24.5 Å². The van der Waals surface area contributed by atoms with Crippen LogP contribution in [0.3, 0.4) is 0 Å². The van der Waals surface area contributed by atoms with Crippen LogP contribution in [0.5, 0.6) is 0 Å². The van der Waals surface area contributed by atoms with Crippen molar-refractivity contribution in [1.82, 2.24) is 4.90 Å².